The standard InChI is InChI=1S/C14H15ClN4O/c1-3-20-12-6-4-5-11-14(12)17-13(7-15)19(11)10-8-16-18(2)9-10/h4-6,8-9H,3,7H2,1-2H3. The number of ether oxygens (including phenoxy) is 1. The molecule has 104 valence electrons. The van der Waals surface area contributed by atoms with Gasteiger partial charge in [-0.1, -0.05) is 6.07 Å². The Labute approximate surface area is 121 Å². The summed E-state index contributed by atoms with van der Waals surface area (Å²) in [5.74, 6) is 1.88. The molecule has 5 nitrogen and oxygen atoms in total. The highest BCUT2D eigenvalue weighted by molar-refractivity contribution is 6.17. The highest BCUT2D eigenvalue weighted by atomic mass is 35.5. The van der Waals surface area contributed by atoms with Gasteiger partial charge in [-0.05, 0) is 19.1 Å². The minimum Gasteiger partial charge on any atom is -0.492 e. The van der Waals surface area contributed by atoms with Gasteiger partial charge in [-0.25, -0.2) is 4.98 Å². The third-order valence-corrected chi connectivity index (χ3v) is 3.33. The number of hydrogen-bond donors (Lipinski definition) is 0. The van der Waals surface area contributed by atoms with Gasteiger partial charge in [0.15, 0.2) is 0 Å². The van der Waals surface area contributed by atoms with E-state index in [2.05, 4.69) is 10.1 Å². The number of rotatable bonds is 4. The van der Waals surface area contributed by atoms with Crippen LogP contribution >= 0.6 is 11.6 Å². The summed E-state index contributed by atoms with van der Waals surface area (Å²) in [4.78, 5) is 4.60. The molecule has 20 heavy (non-hydrogen) atoms. The molecule has 0 spiro atoms. The molecule has 0 amide bonds. The van der Waals surface area contributed by atoms with Gasteiger partial charge in [-0.2, -0.15) is 5.10 Å². The topological polar surface area (TPSA) is 44.9 Å². The van der Waals surface area contributed by atoms with Crippen molar-refractivity contribution in [3.05, 3.63) is 36.4 Å². The maximum absolute atomic E-state index is 6.04. The van der Waals surface area contributed by atoms with E-state index in [1.54, 1.807) is 10.9 Å². The van der Waals surface area contributed by atoms with Crippen LogP contribution in [0.15, 0.2) is 30.6 Å². The average Bonchev–Trinajstić information content (AvgIpc) is 3.02. The van der Waals surface area contributed by atoms with Gasteiger partial charge in [-0.3, -0.25) is 9.25 Å². The summed E-state index contributed by atoms with van der Waals surface area (Å²) in [7, 11) is 1.88. The van der Waals surface area contributed by atoms with E-state index >= 15 is 0 Å². The summed E-state index contributed by atoms with van der Waals surface area (Å²) in [6.45, 7) is 2.56. The maximum Gasteiger partial charge on any atom is 0.147 e. The van der Waals surface area contributed by atoms with Gasteiger partial charge in [-0.15, -0.1) is 11.6 Å². The van der Waals surface area contributed by atoms with Crippen LogP contribution in [-0.2, 0) is 12.9 Å². The summed E-state index contributed by atoms with van der Waals surface area (Å²) in [6.07, 6.45) is 3.73. The molecule has 0 saturated heterocycles. The van der Waals surface area contributed by atoms with Crippen LogP contribution < -0.4 is 4.74 Å². The van der Waals surface area contributed by atoms with E-state index in [9.17, 15) is 0 Å². The molecule has 0 unspecified atom stereocenters. The van der Waals surface area contributed by atoms with Crippen molar-refractivity contribution in [3.8, 4) is 11.4 Å². The average molecular weight is 291 g/mol. The van der Waals surface area contributed by atoms with Crippen molar-refractivity contribution < 1.29 is 4.74 Å². The first-order valence-corrected chi connectivity index (χ1v) is 6.96. The Kier molecular flexibility index (Phi) is 3.36. The quantitative estimate of drug-likeness (QED) is 0.694. The molecule has 0 N–H and O–H groups in total. The molecular weight excluding hydrogens is 276 g/mol. The van der Waals surface area contributed by atoms with Crippen molar-refractivity contribution >= 4 is 22.6 Å². The largest absolute Gasteiger partial charge is 0.492 e. The molecule has 2 heterocycles. The molecule has 0 fully saturated rings. The van der Waals surface area contributed by atoms with Gasteiger partial charge < -0.3 is 4.74 Å². The zero-order valence-electron chi connectivity index (χ0n) is 11.4. The first-order chi connectivity index (χ1) is 9.74. The normalized spacial score (nSPS) is 11.2. The number of benzene rings is 1. The molecule has 6 heteroatoms. The van der Waals surface area contributed by atoms with E-state index in [0.717, 1.165) is 28.3 Å². The minimum atomic E-state index is 0.329. The molecule has 0 aliphatic heterocycles. The van der Waals surface area contributed by atoms with Crippen molar-refractivity contribution in [2.45, 2.75) is 12.8 Å². The zero-order chi connectivity index (χ0) is 14.1. The second-order valence-corrected chi connectivity index (χ2v) is 4.69. The number of nitrogens with zero attached hydrogens (tertiary/aromatic N) is 4. The number of halogens is 1. The van der Waals surface area contributed by atoms with Gasteiger partial charge in [0.2, 0.25) is 0 Å². The van der Waals surface area contributed by atoms with Crippen LogP contribution in [-0.4, -0.2) is 25.9 Å². The van der Waals surface area contributed by atoms with Crippen LogP contribution in [0.25, 0.3) is 16.7 Å². The number of aromatic nitrogens is 4. The number of fused-ring (bicyclic) bond motifs is 1. The summed E-state index contributed by atoms with van der Waals surface area (Å²) in [5, 5.41) is 4.21. The van der Waals surface area contributed by atoms with Gasteiger partial charge in [0.1, 0.15) is 17.1 Å². The second-order valence-electron chi connectivity index (χ2n) is 4.43. The summed E-state index contributed by atoms with van der Waals surface area (Å²) >= 11 is 6.04. The summed E-state index contributed by atoms with van der Waals surface area (Å²) < 4.78 is 9.40. The Bertz CT molecular complexity index is 747. The lowest BCUT2D eigenvalue weighted by Gasteiger charge is -2.05. The Hall–Kier alpha value is -2.01. The van der Waals surface area contributed by atoms with Crippen molar-refractivity contribution in [3.63, 3.8) is 0 Å². The third-order valence-electron chi connectivity index (χ3n) is 3.09. The molecule has 0 aliphatic carbocycles. The molecule has 0 radical (unpaired) electrons. The third kappa shape index (κ3) is 2.04. The van der Waals surface area contributed by atoms with Crippen LogP contribution in [0.4, 0.5) is 0 Å². The number of para-hydroxylation sites is 1. The van der Waals surface area contributed by atoms with Gasteiger partial charge in [0, 0.05) is 13.2 Å². The lowest BCUT2D eigenvalue weighted by atomic mass is 10.3. The monoisotopic (exact) mass is 290 g/mol. The lowest BCUT2D eigenvalue weighted by molar-refractivity contribution is 0.343. The first kappa shape index (κ1) is 13.0. The van der Waals surface area contributed by atoms with Crippen LogP contribution in [0, 0.1) is 0 Å². The van der Waals surface area contributed by atoms with Crippen molar-refractivity contribution in [1.29, 1.82) is 0 Å². The molecule has 0 aliphatic rings. The van der Waals surface area contributed by atoms with Gasteiger partial charge in [0.25, 0.3) is 0 Å². The van der Waals surface area contributed by atoms with Crippen molar-refractivity contribution in [2.75, 3.05) is 6.61 Å². The SMILES string of the molecule is CCOc1cccc2c1nc(CCl)n2-c1cnn(C)c1. The number of aryl methyl sites for hydroxylation is 1. The zero-order valence-corrected chi connectivity index (χ0v) is 12.1. The van der Waals surface area contributed by atoms with E-state index in [-0.39, 0.29) is 0 Å². The van der Waals surface area contributed by atoms with Gasteiger partial charge >= 0.3 is 0 Å². The summed E-state index contributed by atoms with van der Waals surface area (Å²) in [6, 6.07) is 5.89. The fourth-order valence-corrected chi connectivity index (χ4v) is 2.47. The minimum absolute atomic E-state index is 0.329. The Morgan fingerprint density at radius 3 is 2.85 bits per heavy atom. The Morgan fingerprint density at radius 2 is 2.20 bits per heavy atom. The molecule has 3 aromatic rings. The Balaban J connectivity index is 2.27. The summed E-state index contributed by atoms with van der Waals surface area (Å²) in [5.41, 5.74) is 2.74. The van der Waals surface area contributed by atoms with E-state index in [0.29, 0.717) is 12.5 Å². The maximum atomic E-state index is 6.04. The van der Waals surface area contributed by atoms with E-state index in [4.69, 9.17) is 16.3 Å². The predicted molar refractivity (Wildman–Crippen MR) is 78.6 cm³/mol. The van der Waals surface area contributed by atoms with E-state index in [1.165, 1.54) is 0 Å². The van der Waals surface area contributed by atoms with Crippen LogP contribution in [0.5, 0.6) is 5.75 Å². The van der Waals surface area contributed by atoms with Crippen LogP contribution in [0.3, 0.4) is 0 Å². The molecular formula is C14H15ClN4O. The lowest BCUT2D eigenvalue weighted by Crippen LogP contribution is -1.98. The van der Waals surface area contributed by atoms with E-state index in [1.807, 2.05) is 42.9 Å². The smallest absolute Gasteiger partial charge is 0.147 e. The number of hydrogen-bond acceptors (Lipinski definition) is 3. The number of imidazole rings is 1. The van der Waals surface area contributed by atoms with E-state index < -0.39 is 0 Å². The molecule has 3 rings (SSSR count). The highest BCUT2D eigenvalue weighted by Gasteiger charge is 2.15. The van der Waals surface area contributed by atoms with Crippen molar-refractivity contribution in [1.82, 2.24) is 19.3 Å². The van der Waals surface area contributed by atoms with Crippen molar-refractivity contribution in [2.24, 2.45) is 7.05 Å². The molecule has 0 atom stereocenters. The predicted octanol–water partition coefficient (Wildman–Crippen LogP) is 2.90. The molecule has 1 aromatic carbocycles. The fourth-order valence-electron chi connectivity index (χ4n) is 2.30. The van der Waals surface area contributed by atoms with Crippen LogP contribution in [0.1, 0.15) is 12.7 Å². The number of alkyl halides is 1. The second kappa shape index (κ2) is 5.17. The Morgan fingerprint density at radius 1 is 1.35 bits per heavy atom. The fraction of sp³-hybridized carbons (Fsp3) is 0.286. The first-order valence-electron chi connectivity index (χ1n) is 6.42. The van der Waals surface area contributed by atoms with Gasteiger partial charge in [0.05, 0.1) is 29.9 Å². The van der Waals surface area contributed by atoms with Crippen LogP contribution in [0.2, 0.25) is 0 Å². The molecule has 0 bridgehead atoms. The highest BCUT2D eigenvalue weighted by Crippen LogP contribution is 2.29. The molecule has 0 saturated carbocycles. The molecule has 2 aromatic heterocycles.